The SMILES string of the molecule is CCC(C)C(C)N(C(=O)C1CCCNC1)C1CC1. The minimum Gasteiger partial charge on any atom is -0.336 e. The monoisotopic (exact) mass is 252 g/mol. The van der Waals surface area contributed by atoms with Crippen molar-refractivity contribution in [3.05, 3.63) is 0 Å². The zero-order valence-electron chi connectivity index (χ0n) is 12.1. The molecule has 3 nitrogen and oxygen atoms in total. The minimum absolute atomic E-state index is 0.228. The number of nitrogens with zero attached hydrogens (tertiary/aromatic N) is 1. The van der Waals surface area contributed by atoms with Crippen LogP contribution in [-0.2, 0) is 4.79 Å². The first-order valence-electron chi connectivity index (χ1n) is 7.68. The van der Waals surface area contributed by atoms with Crippen molar-refractivity contribution in [2.75, 3.05) is 13.1 Å². The molecule has 1 aliphatic heterocycles. The van der Waals surface area contributed by atoms with Crippen molar-refractivity contribution >= 4 is 5.91 Å². The van der Waals surface area contributed by atoms with Crippen LogP contribution in [0, 0.1) is 11.8 Å². The summed E-state index contributed by atoms with van der Waals surface area (Å²) < 4.78 is 0. The lowest BCUT2D eigenvalue weighted by Crippen LogP contribution is -2.49. The van der Waals surface area contributed by atoms with Crippen LogP contribution in [0.4, 0.5) is 0 Å². The summed E-state index contributed by atoms with van der Waals surface area (Å²) in [6, 6.07) is 0.945. The number of carbonyl (C=O) groups excluding carboxylic acids is 1. The van der Waals surface area contributed by atoms with Gasteiger partial charge in [-0.15, -0.1) is 0 Å². The molecule has 2 aliphatic rings. The first kappa shape index (κ1) is 13.9. The third-order valence-electron chi connectivity index (χ3n) is 4.75. The highest BCUT2D eigenvalue weighted by Crippen LogP contribution is 2.33. The van der Waals surface area contributed by atoms with E-state index in [4.69, 9.17) is 0 Å². The van der Waals surface area contributed by atoms with Gasteiger partial charge in [0.2, 0.25) is 5.91 Å². The van der Waals surface area contributed by atoms with Crippen molar-refractivity contribution < 1.29 is 4.79 Å². The maximum absolute atomic E-state index is 12.7. The summed E-state index contributed by atoms with van der Waals surface area (Å²) in [4.78, 5) is 15.0. The van der Waals surface area contributed by atoms with E-state index in [0.29, 0.717) is 23.9 Å². The van der Waals surface area contributed by atoms with Crippen LogP contribution in [-0.4, -0.2) is 36.0 Å². The molecule has 1 saturated heterocycles. The van der Waals surface area contributed by atoms with E-state index < -0.39 is 0 Å². The van der Waals surface area contributed by atoms with Gasteiger partial charge in [-0.1, -0.05) is 20.3 Å². The van der Waals surface area contributed by atoms with E-state index in [9.17, 15) is 4.79 Å². The highest BCUT2D eigenvalue weighted by atomic mass is 16.2. The molecule has 18 heavy (non-hydrogen) atoms. The van der Waals surface area contributed by atoms with Crippen LogP contribution in [0.1, 0.15) is 52.9 Å². The van der Waals surface area contributed by atoms with Crippen molar-refractivity contribution in [3.8, 4) is 0 Å². The Morgan fingerprint density at radius 3 is 2.56 bits per heavy atom. The molecule has 0 spiro atoms. The molecule has 0 aromatic carbocycles. The van der Waals surface area contributed by atoms with Crippen molar-refractivity contribution in [2.24, 2.45) is 11.8 Å². The van der Waals surface area contributed by atoms with Gasteiger partial charge >= 0.3 is 0 Å². The van der Waals surface area contributed by atoms with Gasteiger partial charge in [-0.25, -0.2) is 0 Å². The number of amides is 1. The fourth-order valence-electron chi connectivity index (χ4n) is 2.95. The summed E-state index contributed by atoms with van der Waals surface area (Å²) >= 11 is 0. The van der Waals surface area contributed by atoms with Gasteiger partial charge in [0.25, 0.3) is 0 Å². The lowest BCUT2D eigenvalue weighted by Gasteiger charge is -2.36. The average molecular weight is 252 g/mol. The van der Waals surface area contributed by atoms with E-state index in [1.54, 1.807) is 0 Å². The van der Waals surface area contributed by atoms with E-state index in [1.165, 1.54) is 12.8 Å². The molecule has 3 atom stereocenters. The predicted octanol–water partition coefficient (Wildman–Crippen LogP) is 2.41. The standard InChI is InChI=1S/C15H28N2O/c1-4-11(2)12(3)17(14-7-8-14)15(18)13-6-5-9-16-10-13/h11-14,16H,4-10H2,1-3H3. The second kappa shape index (κ2) is 6.05. The van der Waals surface area contributed by atoms with Crippen molar-refractivity contribution in [2.45, 2.75) is 65.0 Å². The van der Waals surface area contributed by atoms with E-state index in [0.717, 1.165) is 32.4 Å². The van der Waals surface area contributed by atoms with Gasteiger partial charge in [0, 0.05) is 18.6 Å². The van der Waals surface area contributed by atoms with E-state index in [-0.39, 0.29) is 5.92 Å². The van der Waals surface area contributed by atoms with Crippen LogP contribution in [0.5, 0.6) is 0 Å². The van der Waals surface area contributed by atoms with Crippen LogP contribution >= 0.6 is 0 Å². The lowest BCUT2D eigenvalue weighted by atomic mass is 9.94. The Kier molecular flexibility index (Phi) is 4.66. The molecular weight excluding hydrogens is 224 g/mol. The Morgan fingerprint density at radius 2 is 2.06 bits per heavy atom. The third-order valence-corrected chi connectivity index (χ3v) is 4.75. The zero-order valence-corrected chi connectivity index (χ0v) is 12.1. The van der Waals surface area contributed by atoms with Crippen molar-refractivity contribution in [1.82, 2.24) is 10.2 Å². The van der Waals surface area contributed by atoms with Crippen molar-refractivity contribution in [1.29, 1.82) is 0 Å². The van der Waals surface area contributed by atoms with Gasteiger partial charge in [0.1, 0.15) is 0 Å². The lowest BCUT2D eigenvalue weighted by molar-refractivity contribution is -0.140. The molecule has 0 aromatic heterocycles. The number of nitrogens with one attached hydrogen (secondary N) is 1. The van der Waals surface area contributed by atoms with Gasteiger partial charge in [-0.05, 0) is 45.1 Å². The molecule has 0 radical (unpaired) electrons. The molecule has 1 amide bonds. The molecular formula is C15H28N2O. The Labute approximate surface area is 111 Å². The largest absolute Gasteiger partial charge is 0.336 e. The molecule has 2 rings (SSSR count). The molecule has 1 heterocycles. The Hall–Kier alpha value is -0.570. The molecule has 3 unspecified atom stereocenters. The highest BCUT2D eigenvalue weighted by molar-refractivity contribution is 5.80. The van der Waals surface area contributed by atoms with Crippen molar-refractivity contribution in [3.63, 3.8) is 0 Å². The second-order valence-electron chi connectivity index (χ2n) is 6.15. The van der Waals surface area contributed by atoms with Gasteiger partial charge < -0.3 is 10.2 Å². The maximum atomic E-state index is 12.7. The molecule has 1 aliphatic carbocycles. The molecule has 0 aromatic rings. The van der Waals surface area contributed by atoms with E-state index in [2.05, 4.69) is 31.0 Å². The second-order valence-corrected chi connectivity index (χ2v) is 6.15. The zero-order chi connectivity index (χ0) is 13.1. The molecule has 2 fully saturated rings. The Balaban J connectivity index is 2.02. The van der Waals surface area contributed by atoms with Crippen LogP contribution in [0.2, 0.25) is 0 Å². The van der Waals surface area contributed by atoms with Gasteiger partial charge in [-0.2, -0.15) is 0 Å². The maximum Gasteiger partial charge on any atom is 0.227 e. The molecule has 3 heteroatoms. The quantitative estimate of drug-likeness (QED) is 0.815. The smallest absolute Gasteiger partial charge is 0.227 e. The Morgan fingerprint density at radius 1 is 1.33 bits per heavy atom. The summed E-state index contributed by atoms with van der Waals surface area (Å²) in [5.74, 6) is 1.24. The van der Waals surface area contributed by atoms with Crippen LogP contribution in [0.15, 0.2) is 0 Å². The fourth-order valence-corrected chi connectivity index (χ4v) is 2.95. The highest BCUT2D eigenvalue weighted by Gasteiger charge is 2.39. The van der Waals surface area contributed by atoms with Gasteiger partial charge in [0.15, 0.2) is 0 Å². The average Bonchev–Trinajstić information content (AvgIpc) is 3.23. The first-order valence-corrected chi connectivity index (χ1v) is 7.68. The van der Waals surface area contributed by atoms with Crippen LogP contribution in [0.3, 0.4) is 0 Å². The number of carbonyl (C=O) groups is 1. The summed E-state index contributed by atoms with van der Waals surface area (Å²) in [5, 5.41) is 3.36. The predicted molar refractivity (Wildman–Crippen MR) is 74.4 cm³/mol. The number of rotatable bonds is 5. The summed E-state index contributed by atoms with van der Waals surface area (Å²) in [6.45, 7) is 8.69. The number of hydrogen-bond acceptors (Lipinski definition) is 2. The molecule has 1 saturated carbocycles. The van der Waals surface area contributed by atoms with Crippen LogP contribution in [0.25, 0.3) is 0 Å². The topological polar surface area (TPSA) is 32.3 Å². The Bertz CT molecular complexity index is 282. The van der Waals surface area contributed by atoms with Crippen LogP contribution < -0.4 is 5.32 Å². The molecule has 104 valence electrons. The number of piperidine rings is 1. The third kappa shape index (κ3) is 3.05. The normalized spacial score (nSPS) is 27.6. The van der Waals surface area contributed by atoms with Gasteiger partial charge in [0.05, 0.1) is 5.92 Å². The minimum atomic E-state index is 0.228. The van der Waals surface area contributed by atoms with E-state index >= 15 is 0 Å². The van der Waals surface area contributed by atoms with E-state index in [1.807, 2.05) is 0 Å². The summed E-state index contributed by atoms with van der Waals surface area (Å²) in [5.41, 5.74) is 0. The fraction of sp³-hybridized carbons (Fsp3) is 0.933. The molecule has 0 bridgehead atoms. The summed E-state index contributed by atoms with van der Waals surface area (Å²) in [6.07, 6.45) is 5.80. The molecule has 1 N–H and O–H groups in total. The van der Waals surface area contributed by atoms with Gasteiger partial charge in [-0.3, -0.25) is 4.79 Å². The number of hydrogen-bond donors (Lipinski definition) is 1. The summed E-state index contributed by atoms with van der Waals surface area (Å²) in [7, 11) is 0. The first-order chi connectivity index (χ1) is 8.65.